The Morgan fingerprint density at radius 1 is 1.25 bits per heavy atom. The fraction of sp³-hybridized carbons (Fsp3) is 0.409. The Balaban J connectivity index is 1.65. The fourth-order valence-corrected chi connectivity index (χ4v) is 3.50. The number of carboxylic acids is 1. The van der Waals surface area contributed by atoms with Crippen LogP contribution in [0.4, 0.5) is 0 Å². The van der Waals surface area contributed by atoms with Crippen LogP contribution in [-0.4, -0.2) is 34.6 Å². The first-order valence-corrected chi connectivity index (χ1v) is 9.29. The summed E-state index contributed by atoms with van der Waals surface area (Å²) < 4.78 is 7.53. The van der Waals surface area contributed by atoms with Crippen molar-refractivity contribution in [2.45, 2.75) is 39.3 Å². The Morgan fingerprint density at radius 2 is 1.96 bits per heavy atom. The lowest BCUT2D eigenvalue weighted by Crippen LogP contribution is -2.22. The minimum Gasteiger partial charge on any atom is -0.481 e. The van der Waals surface area contributed by atoms with Gasteiger partial charge in [-0.1, -0.05) is 38.1 Å². The molecule has 0 aliphatic carbocycles. The molecule has 1 aliphatic heterocycles. The summed E-state index contributed by atoms with van der Waals surface area (Å²) >= 11 is 0. The number of hydrogen-bond acceptors (Lipinski definition) is 3. The van der Waals surface area contributed by atoms with E-state index in [-0.39, 0.29) is 11.2 Å². The van der Waals surface area contributed by atoms with Gasteiger partial charge in [0.2, 0.25) is 12.3 Å². The van der Waals surface area contributed by atoms with E-state index < -0.39 is 11.9 Å². The van der Waals surface area contributed by atoms with Gasteiger partial charge < -0.3 is 19.3 Å². The first-order valence-electron chi connectivity index (χ1n) is 9.29. The van der Waals surface area contributed by atoms with Gasteiger partial charge >= 0.3 is 5.97 Å². The smallest absolute Gasteiger partial charge is 0.312 e. The molecule has 2 heterocycles. The van der Waals surface area contributed by atoms with Gasteiger partial charge in [0.15, 0.2) is 0 Å². The quantitative estimate of drug-likeness (QED) is 0.559. The lowest BCUT2D eigenvalue weighted by molar-refractivity contribution is -0.138. The van der Waals surface area contributed by atoms with Crippen LogP contribution in [0.5, 0.6) is 0 Å². The summed E-state index contributed by atoms with van der Waals surface area (Å²) in [6.45, 7) is 12.9. The van der Waals surface area contributed by atoms with Gasteiger partial charge in [-0.3, -0.25) is 9.59 Å². The average molecular weight is 380 g/mol. The van der Waals surface area contributed by atoms with Crippen LogP contribution >= 0.6 is 0 Å². The molecule has 1 aromatic heterocycles. The Hall–Kier alpha value is -2.91. The highest BCUT2D eigenvalue weighted by molar-refractivity contribution is 6.08. The molecule has 146 valence electrons. The zero-order chi connectivity index (χ0) is 20.3. The van der Waals surface area contributed by atoms with E-state index >= 15 is 0 Å². The zero-order valence-electron chi connectivity index (χ0n) is 16.1. The maximum absolute atomic E-state index is 12.8. The number of hydrogen-bond donors (Lipinski definition) is 1. The Bertz CT molecular complexity index is 919. The molecular weight excluding hydrogens is 356 g/mol. The first kappa shape index (κ1) is 19.8. The second-order valence-electron chi connectivity index (χ2n) is 7.97. The third kappa shape index (κ3) is 4.15. The molecule has 6 nitrogen and oxygen atoms in total. The highest BCUT2D eigenvalue weighted by Crippen LogP contribution is 2.31. The van der Waals surface area contributed by atoms with Gasteiger partial charge in [0.05, 0.1) is 30.2 Å². The molecule has 0 saturated carbocycles. The van der Waals surface area contributed by atoms with Crippen LogP contribution in [0.3, 0.4) is 0 Å². The summed E-state index contributed by atoms with van der Waals surface area (Å²) in [5.74, 6) is -1.49. The standard InChI is InChI=1S/C22H24N2O4/c1-22(2,13-23-3)14-28-12-15-4-6-16(7-5-15)20(25)19-9-8-18-17(21(26)27)10-11-24(18)19/h4-9,17H,10-14H2,1-2H3,(H,26,27)/t17-/m0/s1. The minimum absolute atomic E-state index is 0.108. The van der Waals surface area contributed by atoms with Gasteiger partial charge in [0.25, 0.3) is 0 Å². The normalized spacial score (nSPS) is 15.8. The fourth-order valence-electron chi connectivity index (χ4n) is 3.50. The molecule has 0 spiro atoms. The number of carbonyl (C=O) groups is 2. The number of aliphatic carboxylic acids is 1. The lowest BCUT2D eigenvalue weighted by atomic mass is 9.95. The number of rotatable bonds is 8. The van der Waals surface area contributed by atoms with Crippen molar-refractivity contribution in [3.8, 4) is 0 Å². The number of fused-ring (bicyclic) bond motifs is 1. The van der Waals surface area contributed by atoms with E-state index in [1.54, 1.807) is 24.3 Å². The summed E-state index contributed by atoms with van der Waals surface area (Å²) in [7, 11) is 0. The van der Waals surface area contributed by atoms with Gasteiger partial charge in [-0.15, -0.1) is 0 Å². The Labute approximate surface area is 164 Å². The highest BCUT2D eigenvalue weighted by atomic mass is 16.5. The molecule has 0 saturated heterocycles. The average Bonchev–Trinajstić information content (AvgIpc) is 3.23. The van der Waals surface area contributed by atoms with E-state index in [2.05, 4.69) is 4.85 Å². The van der Waals surface area contributed by atoms with E-state index in [0.717, 1.165) is 5.56 Å². The van der Waals surface area contributed by atoms with Crippen LogP contribution in [0.25, 0.3) is 4.85 Å². The predicted molar refractivity (Wildman–Crippen MR) is 104 cm³/mol. The van der Waals surface area contributed by atoms with Crippen LogP contribution in [0.1, 0.15) is 53.5 Å². The van der Waals surface area contributed by atoms with Crippen molar-refractivity contribution < 1.29 is 19.4 Å². The maximum Gasteiger partial charge on any atom is 0.312 e. The van der Waals surface area contributed by atoms with Crippen LogP contribution in [0, 0.1) is 12.0 Å². The van der Waals surface area contributed by atoms with E-state index in [1.165, 1.54) is 0 Å². The zero-order valence-corrected chi connectivity index (χ0v) is 16.1. The molecular formula is C22H24N2O4. The molecule has 0 radical (unpaired) electrons. The molecule has 0 unspecified atom stereocenters. The number of nitrogens with zero attached hydrogens (tertiary/aromatic N) is 2. The summed E-state index contributed by atoms with van der Waals surface area (Å²) in [5, 5.41) is 9.28. The Morgan fingerprint density at radius 3 is 2.61 bits per heavy atom. The van der Waals surface area contributed by atoms with Crippen molar-refractivity contribution in [1.82, 2.24) is 4.57 Å². The molecule has 3 rings (SSSR count). The molecule has 2 aromatic rings. The van der Waals surface area contributed by atoms with E-state index in [0.29, 0.717) is 49.7 Å². The summed E-state index contributed by atoms with van der Waals surface area (Å²) in [6.07, 6.45) is 0.520. The van der Waals surface area contributed by atoms with Crippen LogP contribution in [0.2, 0.25) is 0 Å². The second kappa shape index (κ2) is 7.99. The Kier molecular flexibility index (Phi) is 5.66. The second-order valence-corrected chi connectivity index (χ2v) is 7.97. The highest BCUT2D eigenvalue weighted by Gasteiger charge is 2.31. The number of carboxylic acid groups (broad SMARTS) is 1. The van der Waals surface area contributed by atoms with Gasteiger partial charge in [0.1, 0.15) is 0 Å². The SMILES string of the molecule is [C-]#[N+]CC(C)(C)COCc1ccc(C(=O)c2ccc3n2CC[C@@H]3C(=O)O)cc1. The molecule has 1 aromatic carbocycles. The monoisotopic (exact) mass is 380 g/mol. The first-order chi connectivity index (χ1) is 13.3. The summed E-state index contributed by atoms with van der Waals surface area (Å²) in [5.41, 5.74) is 2.57. The van der Waals surface area contributed by atoms with Crippen LogP contribution in [-0.2, 0) is 22.7 Å². The third-order valence-electron chi connectivity index (χ3n) is 5.03. The number of aromatic nitrogens is 1. The van der Waals surface area contributed by atoms with Crippen molar-refractivity contribution >= 4 is 11.8 Å². The van der Waals surface area contributed by atoms with Gasteiger partial charge in [0, 0.05) is 17.8 Å². The van der Waals surface area contributed by atoms with E-state index in [4.69, 9.17) is 11.3 Å². The van der Waals surface area contributed by atoms with Crippen molar-refractivity contribution in [2.75, 3.05) is 13.2 Å². The molecule has 0 bridgehead atoms. The van der Waals surface area contributed by atoms with E-state index in [1.807, 2.05) is 30.5 Å². The van der Waals surface area contributed by atoms with Crippen molar-refractivity contribution in [2.24, 2.45) is 5.41 Å². The number of carbonyl (C=O) groups excluding carboxylic acids is 1. The lowest BCUT2D eigenvalue weighted by Gasteiger charge is -2.18. The number of benzene rings is 1. The molecule has 0 fully saturated rings. The van der Waals surface area contributed by atoms with Crippen molar-refractivity contribution in [3.63, 3.8) is 0 Å². The van der Waals surface area contributed by atoms with E-state index in [9.17, 15) is 14.7 Å². The van der Waals surface area contributed by atoms with Crippen LogP contribution in [0.15, 0.2) is 36.4 Å². The largest absolute Gasteiger partial charge is 0.481 e. The van der Waals surface area contributed by atoms with Crippen LogP contribution < -0.4 is 0 Å². The van der Waals surface area contributed by atoms with Gasteiger partial charge in [-0.05, 0) is 24.1 Å². The number of ketones is 1. The molecule has 1 aliphatic rings. The van der Waals surface area contributed by atoms with Gasteiger partial charge in [-0.25, -0.2) is 6.57 Å². The third-order valence-corrected chi connectivity index (χ3v) is 5.03. The maximum atomic E-state index is 12.8. The molecule has 6 heteroatoms. The molecule has 0 amide bonds. The minimum atomic E-state index is -0.847. The van der Waals surface area contributed by atoms with Gasteiger partial charge in [-0.2, -0.15) is 0 Å². The summed E-state index contributed by atoms with van der Waals surface area (Å²) in [6, 6.07) is 10.7. The van der Waals surface area contributed by atoms with Crippen molar-refractivity contribution in [3.05, 3.63) is 70.3 Å². The molecule has 28 heavy (non-hydrogen) atoms. The summed E-state index contributed by atoms with van der Waals surface area (Å²) in [4.78, 5) is 27.6. The predicted octanol–water partition coefficient (Wildman–Crippen LogP) is 3.75. The topological polar surface area (TPSA) is 72.9 Å². The van der Waals surface area contributed by atoms with Crippen molar-refractivity contribution in [1.29, 1.82) is 0 Å². The number of ether oxygens (including phenoxy) is 1. The molecule has 1 atom stereocenters. The molecule has 1 N–H and O–H groups in total.